The highest BCUT2D eigenvalue weighted by Gasteiger charge is 2.45. The predicted molar refractivity (Wildman–Crippen MR) is 150 cm³/mol. The molecule has 2 fully saturated rings. The number of aromatic nitrogens is 1. The van der Waals surface area contributed by atoms with E-state index < -0.39 is 0 Å². The van der Waals surface area contributed by atoms with Crippen LogP contribution in [0, 0.1) is 5.41 Å². The molecule has 0 radical (unpaired) electrons. The number of carbonyl (C=O) groups is 1. The number of ether oxygens (including phenoxy) is 1. The van der Waals surface area contributed by atoms with Crippen molar-refractivity contribution >= 4 is 35.2 Å². The molecule has 2 aliphatic rings. The van der Waals surface area contributed by atoms with Gasteiger partial charge in [0.1, 0.15) is 11.6 Å². The molecule has 3 N–H and O–H groups in total. The van der Waals surface area contributed by atoms with Crippen LogP contribution >= 0.6 is 11.9 Å². The summed E-state index contributed by atoms with van der Waals surface area (Å²) in [5, 5.41) is 6.59. The molecule has 1 saturated heterocycles. The average Bonchev–Trinajstić information content (AvgIpc) is 3.61. The molecule has 1 atom stereocenters. The van der Waals surface area contributed by atoms with E-state index in [-0.39, 0.29) is 17.5 Å². The Labute approximate surface area is 220 Å². The van der Waals surface area contributed by atoms with Crippen LogP contribution in [-0.4, -0.2) is 49.3 Å². The topological polar surface area (TPSA) is 78.5 Å². The molecule has 4 rings (SSSR count). The van der Waals surface area contributed by atoms with Gasteiger partial charge in [0.05, 0.1) is 18.2 Å². The van der Waals surface area contributed by atoms with E-state index in [1.165, 1.54) is 25.7 Å². The van der Waals surface area contributed by atoms with Gasteiger partial charge in [-0.2, -0.15) is 0 Å². The molecule has 1 saturated carbocycles. The summed E-state index contributed by atoms with van der Waals surface area (Å²) in [6.07, 6.45) is 5.97. The summed E-state index contributed by atoms with van der Waals surface area (Å²) in [5.74, 6) is 1.41. The van der Waals surface area contributed by atoms with Gasteiger partial charge >= 0.3 is 0 Å². The van der Waals surface area contributed by atoms with Crippen molar-refractivity contribution in [1.82, 2.24) is 9.71 Å². The molecule has 1 amide bonds. The zero-order valence-corrected chi connectivity index (χ0v) is 23.1. The van der Waals surface area contributed by atoms with Gasteiger partial charge in [0.15, 0.2) is 0 Å². The molecule has 1 aliphatic heterocycles. The van der Waals surface area contributed by atoms with E-state index in [1.807, 2.05) is 36.4 Å². The Morgan fingerprint density at radius 1 is 1.17 bits per heavy atom. The van der Waals surface area contributed by atoms with Crippen LogP contribution in [0.1, 0.15) is 70.2 Å². The van der Waals surface area contributed by atoms with Crippen LogP contribution in [-0.2, 0) is 4.74 Å². The Bertz CT molecular complexity index is 1040. The number of pyridine rings is 1. The highest BCUT2D eigenvalue weighted by atomic mass is 32.2. The van der Waals surface area contributed by atoms with Crippen molar-refractivity contribution in [3.63, 3.8) is 0 Å². The molecular weight excluding hydrogens is 470 g/mol. The Morgan fingerprint density at radius 2 is 1.92 bits per heavy atom. The first-order chi connectivity index (χ1) is 17.2. The summed E-state index contributed by atoms with van der Waals surface area (Å²) in [6, 6.07) is 11.9. The molecule has 1 unspecified atom stereocenters. The quantitative estimate of drug-likeness (QED) is 0.340. The van der Waals surface area contributed by atoms with E-state index in [9.17, 15) is 4.79 Å². The highest BCUT2D eigenvalue weighted by molar-refractivity contribution is 7.97. The van der Waals surface area contributed by atoms with Gasteiger partial charge in [0.25, 0.3) is 5.91 Å². The molecule has 1 spiro atoms. The fourth-order valence-electron chi connectivity index (χ4n) is 4.54. The second-order valence-electron chi connectivity index (χ2n) is 11.2. The molecule has 2 heterocycles. The van der Waals surface area contributed by atoms with Crippen LogP contribution < -0.4 is 20.3 Å². The number of nitrogens with one attached hydrogen (secondary N) is 3. The zero-order chi connectivity index (χ0) is 25.8. The van der Waals surface area contributed by atoms with Crippen molar-refractivity contribution in [1.29, 1.82) is 0 Å². The van der Waals surface area contributed by atoms with Crippen LogP contribution in [0.15, 0.2) is 41.3 Å². The minimum atomic E-state index is -0.134. The predicted octanol–water partition coefficient (Wildman–Crippen LogP) is 5.95. The SMILES string of the molecule is CCC(COC)Nc1ccc(C(=O)Nc2cccc(SNC(C)(C)C)c2)c(N2CCC3(CC2)CC3)n1. The zero-order valence-electron chi connectivity index (χ0n) is 22.3. The lowest BCUT2D eigenvalue weighted by atomic mass is 9.93. The van der Waals surface area contributed by atoms with Crippen molar-refractivity contribution in [2.24, 2.45) is 5.41 Å². The van der Waals surface area contributed by atoms with Crippen molar-refractivity contribution in [3.8, 4) is 0 Å². The molecule has 8 heteroatoms. The highest BCUT2D eigenvalue weighted by Crippen LogP contribution is 2.54. The molecular formula is C28H41N5O2S. The number of nitrogens with zero attached hydrogens (tertiary/aromatic N) is 2. The Kier molecular flexibility index (Phi) is 8.48. The molecule has 2 aromatic rings. The third kappa shape index (κ3) is 7.14. The van der Waals surface area contributed by atoms with Crippen molar-refractivity contribution < 1.29 is 9.53 Å². The third-order valence-electron chi connectivity index (χ3n) is 6.98. The van der Waals surface area contributed by atoms with Crippen molar-refractivity contribution in [2.75, 3.05) is 42.3 Å². The normalized spacial score (nSPS) is 17.6. The van der Waals surface area contributed by atoms with E-state index in [1.54, 1.807) is 19.1 Å². The second-order valence-corrected chi connectivity index (χ2v) is 12.1. The number of methoxy groups -OCH3 is 1. The minimum absolute atomic E-state index is 0.00615. The monoisotopic (exact) mass is 511 g/mol. The van der Waals surface area contributed by atoms with Gasteiger partial charge in [-0.05, 0) is 101 Å². The molecule has 1 aromatic heterocycles. The maximum Gasteiger partial charge on any atom is 0.259 e. The maximum absolute atomic E-state index is 13.5. The van der Waals surface area contributed by atoms with Crippen molar-refractivity contribution in [2.45, 2.75) is 76.3 Å². The van der Waals surface area contributed by atoms with Crippen LogP contribution in [0.3, 0.4) is 0 Å². The van der Waals surface area contributed by atoms with Gasteiger partial charge in [0, 0.05) is 36.3 Å². The first-order valence-electron chi connectivity index (χ1n) is 13.1. The van der Waals surface area contributed by atoms with E-state index in [0.717, 1.165) is 41.7 Å². The van der Waals surface area contributed by atoms with Crippen molar-refractivity contribution in [3.05, 3.63) is 42.0 Å². The summed E-state index contributed by atoms with van der Waals surface area (Å²) < 4.78 is 8.77. The molecule has 1 aliphatic carbocycles. The molecule has 7 nitrogen and oxygen atoms in total. The number of hydrogen-bond donors (Lipinski definition) is 3. The van der Waals surface area contributed by atoms with Gasteiger partial charge in [-0.3, -0.25) is 9.52 Å². The average molecular weight is 512 g/mol. The summed E-state index contributed by atoms with van der Waals surface area (Å²) in [5.41, 5.74) is 1.93. The lowest BCUT2D eigenvalue weighted by Gasteiger charge is -2.34. The molecule has 196 valence electrons. The summed E-state index contributed by atoms with van der Waals surface area (Å²) in [6.45, 7) is 11.0. The Balaban J connectivity index is 1.53. The lowest BCUT2D eigenvalue weighted by molar-refractivity contribution is 0.102. The van der Waals surface area contributed by atoms with Gasteiger partial charge in [0.2, 0.25) is 0 Å². The van der Waals surface area contributed by atoms with Gasteiger partial charge < -0.3 is 20.3 Å². The number of anilines is 3. The Morgan fingerprint density at radius 3 is 2.56 bits per heavy atom. The number of rotatable bonds is 10. The second kappa shape index (κ2) is 11.4. The van der Waals surface area contributed by atoms with E-state index in [4.69, 9.17) is 9.72 Å². The smallest absolute Gasteiger partial charge is 0.259 e. The van der Waals surface area contributed by atoms with Crippen LogP contribution in [0.4, 0.5) is 17.3 Å². The number of benzene rings is 1. The third-order valence-corrected chi connectivity index (χ3v) is 8.18. The summed E-state index contributed by atoms with van der Waals surface area (Å²) >= 11 is 1.57. The minimum Gasteiger partial charge on any atom is -0.383 e. The summed E-state index contributed by atoms with van der Waals surface area (Å²) in [7, 11) is 1.71. The van der Waals surface area contributed by atoms with Crippen LogP contribution in [0.25, 0.3) is 0 Å². The maximum atomic E-state index is 13.5. The van der Waals surface area contributed by atoms with Gasteiger partial charge in [-0.25, -0.2) is 4.98 Å². The molecule has 1 aromatic carbocycles. The standard InChI is InChI=1S/C28H41N5O2S/c1-6-20(19-35-5)29-24-11-10-23(25(31-24)33-16-14-28(12-13-28)15-17-33)26(34)30-21-8-7-9-22(18-21)36-32-27(2,3)4/h7-11,18,20,32H,6,12-17,19H2,1-5H3,(H,29,31)(H,30,34). The number of carbonyl (C=O) groups excluding carboxylic acids is 1. The number of piperidine rings is 1. The fourth-order valence-corrected chi connectivity index (χ4v) is 5.29. The first-order valence-corrected chi connectivity index (χ1v) is 13.9. The Hall–Kier alpha value is -2.29. The lowest BCUT2D eigenvalue weighted by Crippen LogP contribution is -2.36. The van der Waals surface area contributed by atoms with E-state index >= 15 is 0 Å². The van der Waals surface area contributed by atoms with Crippen LogP contribution in [0.5, 0.6) is 0 Å². The molecule has 36 heavy (non-hydrogen) atoms. The van der Waals surface area contributed by atoms with Gasteiger partial charge in [-0.1, -0.05) is 13.0 Å². The van der Waals surface area contributed by atoms with Crippen LogP contribution in [0.2, 0.25) is 0 Å². The largest absolute Gasteiger partial charge is 0.383 e. The number of amides is 1. The van der Waals surface area contributed by atoms with E-state index in [0.29, 0.717) is 17.6 Å². The fraction of sp³-hybridized carbons (Fsp3) is 0.571. The first kappa shape index (κ1) is 26.8. The summed E-state index contributed by atoms with van der Waals surface area (Å²) in [4.78, 5) is 21.8. The van der Waals surface area contributed by atoms with Gasteiger partial charge in [-0.15, -0.1) is 0 Å². The van der Waals surface area contributed by atoms with E-state index in [2.05, 4.69) is 48.0 Å². The number of hydrogen-bond acceptors (Lipinski definition) is 7. The molecule has 0 bridgehead atoms.